The van der Waals surface area contributed by atoms with E-state index in [1.54, 1.807) is 13.0 Å². The van der Waals surface area contributed by atoms with Crippen molar-refractivity contribution in [3.8, 4) is 11.5 Å². The smallest absolute Gasteiger partial charge is 0.259 e. The van der Waals surface area contributed by atoms with Gasteiger partial charge in [0.15, 0.2) is 5.75 Å². The monoisotopic (exact) mass is 346 g/mol. The number of hydrogen-bond donors (Lipinski definition) is 1. The summed E-state index contributed by atoms with van der Waals surface area (Å²) in [5, 5.41) is 2.77. The highest BCUT2D eigenvalue weighted by atomic mass is 32.2. The van der Waals surface area contributed by atoms with Crippen LogP contribution in [0.25, 0.3) is 0 Å². The summed E-state index contributed by atoms with van der Waals surface area (Å²) in [6.07, 6.45) is 0. The van der Waals surface area contributed by atoms with E-state index >= 15 is 0 Å². The van der Waals surface area contributed by atoms with Crippen LogP contribution in [0.15, 0.2) is 41.3 Å². The largest absolute Gasteiger partial charge is 0.454 e. The molecule has 0 saturated carbocycles. The lowest BCUT2D eigenvalue weighted by atomic mass is 10.2. The normalized spacial score (nSPS) is 13.6. The SMILES string of the molecule is CCN(C)S(=O)(=O)c1ccc2c(c1)C(=O)Nc1cc(C)ccc1O2. The van der Waals surface area contributed by atoms with Crippen LogP contribution >= 0.6 is 0 Å². The molecule has 0 bridgehead atoms. The molecule has 24 heavy (non-hydrogen) atoms. The molecule has 0 radical (unpaired) electrons. The first-order chi connectivity index (χ1) is 11.3. The summed E-state index contributed by atoms with van der Waals surface area (Å²) < 4.78 is 31.9. The average Bonchev–Trinajstić information content (AvgIpc) is 2.69. The van der Waals surface area contributed by atoms with Crippen LogP contribution in [0.2, 0.25) is 0 Å². The van der Waals surface area contributed by atoms with Crippen LogP contribution < -0.4 is 10.1 Å². The average molecular weight is 346 g/mol. The van der Waals surface area contributed by atoms with Gasteiger partial charge in [-0.25, -0.2) is 12.7 Å². The van der Waals surface area contributed by atoms with Crippen LogP contribution in [-0.2, 0) is 10.0 Å². The van der Waals surface area contributed by atoms with Crippen molar-refractivity contribution < 1.29 is 17.9 Å². The van der Waals surface area contributed by atoms with Gasteiger partial charge in [0.05, 0.1) is 16.1 Å². The number of rotatable bonds is 3. The van der Waals surface area contributed by atoms with Gasteiger partial charge in [-0.2, -0.15) is 0 Å². The summed E-state index contributed by atoms with van der Waals surface area (Å²) in [6.45, 7) is 4.00. The third kappa shape index (κ3) is 2.76. The minimum absolute atomic E-state index is 0.0616. The first kappa shape index (κ1) is 16.5. The number of carbonyl (C=O) groups excluding carboxylic acids is 1. The Morgan fingerprint density at radius 3 is 2.54 bits per heavy atom. The molecule has 1 aliphatic heterocycles. The zero-order valence-electron chi connectivity index (χ0n) is 13.7. The lowest BCUT2D eigenvalue weighted by Crippen LogP contribution is -2.26. The lowest BCUT2D eigenvalue weighted by molar-refractivity contribution is 0.102. The van der Waals surface area contributed by atoms with Gasteiger partial charge in [-0.15, -0.1) is 0 Å². The van der Waals surface area contributed by atoms with Crippen LogP contribution in [0.3, 0.4) is 0 Å². The number of ether oxygens (including phenoxy) is 1. The fraction of sp³-hybridized carbons (Fsp3) is 0.235. The number of sulfonamides is 1. The Hall–Kier alpha value is -2.38. The van der Waals surface area contributed by atoms with Crippen LogP contribution in [0.1, 0.15) is 22.8 Å². The minimum Gasteiger partial charge on any atom is -0.454 e. The van der Waals surface area contributed by atoms with Crippen molar-refractivity contribution in [1.82, 2.24) is 4.31 Å². The minimum atomic E-state index is -3.63. The van der Waals surface area contributed by atoms with Crippen LogP contribution in [0, 0.1) is 6.92 Å². The van der Waals surface area contributed by atoms with Crippen molar-refractivity contribution >= 4 is 21.6 Å². The van der Waals surface area contributed by atoms with E-state index in [2.05, 4.69) is 5.32 Å². The molecule has 6 nitrogen and oxygen atoms in total. The molecule has 0 unspecified atom stereocenters. The molecule has 1 N–H and O–H groups in total. The maximum atomic E-state index is 12.5. The Labute approximate surface area is 141 Å². The molecule has 0 spiro atoms. The fourth-order valence-electron chi connectivity index (χ4n) is 2.42. The summed E-state index contributed by atoms with van der Waals surface area (Å²) in [7, 11) is -2.14. The maximum absolute atomic E-state index is 12.5. The molecule has 0 aromatic heterocycles. The Kier molecular flexibility index (Phi) is 4.06. The highest BCUT2D eigenvalue weighted by Crippen LogP contribution is 2.37. The summed E-state index contributed by atoms with van der Waals surface area (Å²) >= 11 is 0. The van der Waals surface area contributed by atoms with Gasteiger partial charge in [0.1, 0.15) is 5.75 Å². The van der Waals surface area contributed by atoms with Gasteiger partial charge in [0.2, 0.25) is 10.0 Å². The van der Waals surface area contributed by atoms with Gasteiger partial charge >= 0.3 is 0 Å². The fourth-order valence-corrected chi connectivity index (χ4v) is 3.63. The molecule has 3 rings (SSSR count). The van der Waals surface area contributed by atoms with E-state index in [1.165, 1.54) is 29.6 Å². The molecule has 0 aliphatic carbocycles. The summed E-state index contributed by atoms with van der Waals surface area (Å²) in [4.78, 5) is 12.6. The number of benzene rings is 2. The molecule has 1 amide bonds. The number of nitrogens with one attached hydrogen (secondary N) is 1. The Morgan fingerprint density at radius 2 is 1.83 bits per heavy atom. The van der Waals surface area contributed by atoms with Crippen molar-refractivity contribution in [3.63, 3.8) is 0 Å². The zero-order chi connectivity index (χ0) is 17.5. The Balaban J connectivity index is 2.08. The molecule has 0 fully saturated rings. The van der Waals surface area contributed by atoms with E-state index in [-0.39, 0.29) is 10.5 Å². The second-order valence-corrected chi connectivity index (χ2v) is 7.68. The molecule has 7 heteroatoms. The summed E-state index contributed by atoms with van der Waals surface area (Å²) in [6, 6.07) is 9.78. The molecule has 1 heterocycles. The number of hydrogen-bond acceptors (Lipinski definition) is 4. The van der Waals surface area contributed by atoms with Crippen LogP contribution in [0.4, 0.5) is 5.69 Å². The molecular formula is C17H18N2O4S. The van der Waals surface area contributed by atoms with Crippen molar-refractivity contribution in [2.45, 2.75) is 18.7 Å². The predicted molar refractivity (Wildman–Crippen MR) is 91.1 cm³/mol. The Morgan fingerprint density at radius 1 is 1.12 bits per heavy atom. The Bertz CT molecular complexity index is 922. The van der Waals surface area contributed by atoms with Gasteiger partial charge in [0.25, 0.3) is 5.91 Å². The quantitative estimate of drug-likeness (QED) is 0.927. The van der Waals surface area contributed by atoms with Crippen LogP contribution in [0.5, 0.6) is 11.5 Å². The van der Waals surface area contributed by atoms with E-state index in [9.17, 15) is 13.2 Å². The van der Waals surface area contributed by atoms with Gasteiger partial charge in [-0.1, -0.05) is 13.0 Å². The third-order valence-electron chi connectivity index (χ3n) is 3.95. The summed E-state index contributed by atoms with van der Waals surface area (Å²) in [5.41, 5.74) is 1.73. The van der Waals surface area contributed by atoms with E-state index in [0.29, 0.717) is 23.7 Å². The van der Waals surface area contributed by atoms with Crippen molar-refractivity contribution in [2.75, 3.05) is 18.9 Å². The molecule has 0 atom stereocenters. The summed E-state index contributed by atoms with van der Waals surface area (Å²) in [5.74, 6) is 0.452. The standard InChI is InChI=1S/C17H18N2O4S/c1-4-19(3)24(21,22)12-6-8-15-13(10-12)17(20)18-14-9-11(2)5-7-16(14)23-15/h5-10H,4H2,1-3H3,(H,18,20). The highest BCUT2D eigenvalue weighted by molar-refractivity contribution is 7.89. The molecule has 2 aromatic carbocycles. The van der Waals surface area contributed by atoms with Gasteiger partial charge in [-0.3, -0.25) is 4.79 Å². The number of nitrogens with zero attached hydrogens (tertiary/aromatic N) is 1. The van der Waals surface area contributed by atoms with E-state index in [4.69, 9.17) is 4.74 Å². The number of anilines is 1. The van der Waals surface area contributed by atoms with Gasteiger partial charge in [0, 0.05) is 13.6 Å². The maximum Gasteiger partial charge on any atom is 0.259 e. The second kappa shape index (κ2) is 5.92. The second-order valence-electron chi connectivity index (χ2n) is 5.63. The topological polar surface area (TPSA) is 75.7 Å². The number of carbonyl (C=O) groups is 1. The number of amides is 1. The zero-order valence-corrected chi connectivity index (χ0v) is 14.5. The van der Waals surface area contributed by atoms with Crippen molar-refractivity contribution in [3.05, 3.63) is 47.5 Å². The molecular weight excluding hydrogens is 328 g/mol. The highest BCUT2D eigenvalue weighted by Gasteiger charge is 2.25. The van der Waals surface area contributed by atoms with Gasteiger partial charge < -0.3 is 10.1 Å². The van der Waals surface area contributed by atoms with E-state index in [0.717, 1.165) is 5.56 Å². The number of aryl methyl sites for hydroxylation is 1. The van der Waals surface area contributed by atoms with E-state index in [1.807, 2.05) is 19.1 Å². The third-order valence-corrected chi connectivity index (χ3v) is 5.88. The molecule has 126 valence electrons. The van der Waals surface area contributed by atoms with E-state index < -0.39 is 15.9 Å². The van der Waals surface area contributed by atoms with Gasteiger partial charge in [-0.05, 0) is 42.8 Å². The van der Waals surface area contributed by atoms with Crippen molar-refractivity contribution in [2.24, 2.45) is 0 Å². The van der Waals surface area contributed by atoms with Crippen molar-refractivity contribution in [1.29, 1.82) is 0 Å². The van der Waals surface area contributed by atoms with Crippen LogP contribution in [-0.4, -0.2) is 32.2 Å². The molecule has 2 aromatic rings. The first-order valence-corrected chi connectivity index (χ1v) is 8.97. The first-order valence-electron chi connectivity index (χ1n) is 7.53. The molecule has 1 aliphatic rings. The predicted octanol–water partition coefficient (Wildman–Crippen LogP) is 2.99. The molecule has 0 saturated heterocycles. The lowest BCUT2D eigenvalue weighted by Gasteiger charge is -2.16. The number of fused-ring (bicyclic) bond motifs is 2.